The van der Waals surface area contributed by atoms with Crippen molar-refractivity contribution in [2.45, 2.75) is 24.7 Å². The van der Waals surface area contributed by atoms with Gasteiger partial charge in [0.2, 0.25) is 11.8 Å². The van der Waals surface area contributed by atoms with Crippen molar-refractivity contribution in [2.75, 3.05) is 11.1 Å². The quantitative estimate of drug-likeness (QED) is 0.294. The first-order valence-corrected chi connectivity index (χ1v) is 11.5. The lowest BCUT2D eigenvalue weighted by Gasteiger charge is -2.08. The molecule has 3 aromatic carbocycles. The Labute approximate surface area is 195 Å². The van der Waals surface area contributed by atoms with Gasteiger partial charge in [0.1, 0.15) is 5.52 Å². The van der Waals surface area contributed by atoms with Crippen LogP contribution in [0, 0.1) is 0 Å². The molecule has 7 heteroatoms. The average molecular weight is 471 g/mol. The average Bonchev–Trinajstić information content (AvgIpc) is 3.18. The molecule has 0 atom stereocenters. The fourth-order valence-electron chi connectivity index (χ4n) is 3.06. The van der Waals surface area contributed by atoms with Gasteiger partial charge < -0.3 is 9.73 Å². The molecule has 1 heterocycles. The summed E-state index contributed by atoms with van der Waals surface area (Å²) in [6, 6.07) is 18.6. The summed E-state index contributed by atoms with van der Waals surface area (Å²) in [4.78, 5) is 18.0. The number of thioether (sulfide) groups is 1. The molecule has 1 aromatic heterocycles. The first-order chi connectivity index (χ1) is 14.9. The molecule has 4 nitrogen and oxygen atoms in total. The molecule has 4 aromatic rings. The molecule has 0 radical (unpaired) electrons. The Morgan fingerprint density at radius 3 is 2.58 bits per heavy atom. The van der Waals surface area contributed by atoms with Gasteiger partial charge in [-0.3, -0.25) is 4.79 Å². The molecule has 1 N–H and O–H groups in total. The number of fused-ring (bicyclic) bond motifs is 1. The molecule has 0 fully saturated rings. The topological polar surface area (TPSA) is 55.1 Å². The Morgan fingerprint density at radius 1 is 1.06 bits per heavy atom. The van der Waals surface area contributed by atoms with Gasteiger partial charge in [-0.05, 0) is 66.1 Å². The van der Waals surface area contributed by atoms with Crippen LogP contribution >= 0.6 is 35.0 Å². The number of oxazole rings is 1. The number of rotatable bonds is 6. The van der Waals surface area contributed by atoms with E-state index in [1.807, 2.05) is 30.3 Å². The van der Waals surface area contributed by atoms with Crippen LogP contribution in [0.4, 0.5) is 5.69 Å². The summed E-state index contributed by atoms with van der Waals surface area (Å²) in [6.45, 7) is 4.27. The molecule has 0 aliphatic rings. The summed E-state index contributed by atoms with van der Waals surface area (Å²) >= 11 is 13.7. The van der Waals surface area contributed by atoms with Crippen LogP contribution in [0.2, 0.25) is 10.0 Å². The van der Waals surface area contributed by atoms with E-state index in [1.165, 1.54) is 17.3 Å². The zero-order valence-electron chi connectivity index (χ0n) is 17.0. The van der Waals surface area contributed by atoms with Crippen LogP contribution in [0.1, 0.15) is 25.3 Å². The van der Waals surface area contributed by atoms with Gasteiger partial charge in [0, 0.05) is 15.6 Å². The number of nitrogens with one attached hydrogen (secondary N) is 1. The van der Waals surface area contributed by atoms with Gasteiger partial charge in [0.05, 0.1) is 16.3 Å². The van der Waals surface area contributed by atoms with Crippen molar-refractivity contribution in [2.24, 2.45) is 0 Å². The van der Waals surface area contributed by atoms with Crippen LogP contribution in [-0.4, -0.2) is 16.6 Å². The summed E-state index contributed by atoms with van der Waals surface area (Å²) in [5, 5.41) is 4.08. The van der Waals surface area contributed by atoms with Gasteiger partial charge in [-0.1, -0.05) is 43.1 Å². The first-order valence-electron chi connectivity index (χ1n) is 9.77. The molecule has 0 unspecified atom stereocenters. The third kappa shape index (κ3) is 5.24. The highest BCUT2D eigenvalue weighted by Gasteiger charge is 2.14. The Balaban J connectivity index is 1.51. The number of carbonyl (C=O) groups excluding carboxylic acids is 1. The third-order valence-corrected chi connectivity index (χ3v) is 6.34. The lowest BCUT2D eigenvalue weighted by Crippen LogP contribution is -2.14. The second-order valence-corrected chi connectivity index (χ2v) is 9.28. The molecule has 158 valence electrons. The van der Waals surface area contributed by atoms with Crippen LogP contribution in [0.15, 0.2) is 70.0 Å². The number of nitrogens with zero attached hydrogens (tertiary/aromatic N) is 1. The first kappa shape index (κ1) is 21.8. The maximum Gasteiger partial charge on any atom is 0.234 e. The van der Waals surface area contributed by atoms with E-state index >= 15 is 0 Å². The fraction of sp³-hybridized carbons (Fsp3) is 0.167. The largest absolute Gasteiger partial charge is 0.436 e. The van der Waals surface area contributed by atoms with Crippen molar-refractivity contribution in [1.82, 2.24) is 4.98 Å². The van der Waals surface area contributed by atoms with Crippen molar-refractivity contribution in [3.63, 3.8) is 0 Å². The van der Waals surface area contributed by atoms with E-state index in [9.17, 15) is 4.79 Å². The summed E-state index contributed by atoms with van der Waals surface area (Å²) in [6.07, 6.45) is 0. The molecule has 0 saturated heterocycles. The molecular formula is C24H20Cl2N2O2S. The van der Waals surface area contributed by atoms with Gasteiger partial charge in [-0.15, -0.1) is 11.8 Å². The minimum Gasteiger partial charge on any atom is -0.436 e. The number of benzene rings is 3. The minimum absolute atomic E-state index is 0.118. The maximum absolute atomic E-state index is 12.4. The van der Waals surface area contributed by atoms with E-state index in [0.717, 1.165) is 10.4 Å². The van der Waals surface area contributed by atoms with E-state index in [-0.39, 0.29) is 11.7 Å². The van der Waals surface area contributed by atoms with E-state index in [2.05, 4.69) is 24.1 Å². The number of amides is 1. The van der Waals surface area contributed by atoms with Crippen molar-refractivity contribution >= 4 is 57.7 Å². The van der Waals surface area contributed by atoms with Crippen molar-refractivity contribution in [3.8, 4) is 11.5 Å². The van der Waals surface area contributed by atoms with Crippen molar-refractivity contribution in [1.29, 1.82) is 0 Å². The van der Waals surface area contributed by atoms with Gasteiger partial charge in [0.25, 0.3) is 0 Å². The van der Waals surface area contributed by atoms with Gasteiger partial charge >= 0.3 is 0 Å². The Hall–Kier alpha value is -2.47. The molecule has 0 aliphatic heterocycles. The van der Waals surface area contributed by atoms with E-state index in [0.29, 0.717) is 38.7 Å². The lowest BCUT2D eigenvalue weighted by atomic mass is 10.0. The Kier molecular flexibility index (Phi) is 6.56. The highest BCUT2D eigenvalue weighted by atomic mass is 35.5. The molecule has 1 amide bonds. The molecular weight excluding hydrogens is 451 g/mol. The second-order valence-electron chi connectivity index (χ2n) is 7.39. The highest BCUT2D eigenvalue weighted by Crippen LogP contribution is 2.33. The maximum atomic E-state index is 12.4. The van der Waals surface area contributed by atoms with Crippen LogP contribution in [0.25, 0.3) is 22.6 Å². The number of hydrogen-bond donors (Lipinski definition) is 1. The van der Waals surface area contributed by atoms with Gasteiger partial charge in [0.15, 0.2) is 5.58 Å². The molecule has 31 heavy (non-hydrogen) atoms. The molecule has 0 aliphatic carbocycles. The van der Waals surface area contributed by atoms with Gasteiger partial charge in [-0.2, -0.15) is 0 Å². The summed E-state index contributed by atoms with van der Waals surface area (Å²) in [5.74, 6) is 0.984. The van der Waals surface area contributed by atoms with Crippen LogP contribution in [0.3, 0.4) is 0 Å². The summed E-state index contributed by atoms with van der Waals surface area (Å²) in [5.41, 5.74) is 3.94. The number of carbonyl (C=O) groups is 1. The standard InChI is InChI=1S/C24H20Cl2N2O2S/c1-14(2)15-3-10-22-21(11-15)28-24(30-22)19-12-17(6-9-20(19)26)27-23(29)13-31-18-7-4-16(25)5-8-18/h3-12,14H,13H2,1-2H3,(H,27,29). The zero-order valence-corrected chi connectivity index (χ0v) is 19.3. The summed E-state index contributed by atoms with van der Waals surface area (Å²) in [7, 11) is 0. The predicted octanol–water partition coefficient (Wildman–Crippen LogP) is 7.66. The van der Waals surface area contributed by atoms with Crippen LogP contribution < -0.4 is 5.32 Å². The third-order valence-electron chi connectivity index (χ3n) is 4.74. The molecule has 0 bridgehead atoms. The fourth-order valence-corrected chi connectivity index (χ4v) is 4.09. The normalized spacial score (nSPS) is 11.3. The Bertz CT molecular complexity index is 1240. The Morgan fingerprint density at radius 2 is 1.84 bits per heavy atom. The zero-order chi connectivity index (χ0) is 22.0. The predicted molar refractivity (Wildman–Crippen MR) is 129 cm³/mol. The van der Waals surface area contributed by atoms with Crippen molar-refractivity contribution < 1.29 is 9.21 Å². The van der Waals surface area contributed by atoms with Crippen LogP contribution in [-0.2, 0) is 4.79 Å². The second kappa shape index (κ2) is 9.35. The molecule has 0 spiro atoms. The van der Waals surface area contributed by atoms with E-state index in [4.69, 9.17) is 27.6 Å². The van der Waals surface area contributed by atoms with Gasteiger partial charge in [-0.25, -0.2) is 4.98 Å². The summed E-state index contributed by atoms with van der Waals surface area (Å²) < 4.78 is 5.92. The van der Waals surface area contributed by atoms with Crippen molar-refractivity contribution in [3.05, 3.63) is 76.3 Å². The molecule has 0 saturated carbocycles. The molecule has 4 rings (SSSR count). The monoisotopic (exact) mass is 470 g/mol. The van der Waals surface area contributed by atoms with E-state index < -0.39 is 0 Å². The number of aromatic nitrogens is 1. The minimum atomic E-state index is -0.118. The highest BCUT2D eigenvalue weighted by molar-refractivity contribution is 8.00. The van der Waals surface area contributed by atoms with Crippen LogP contribution in [0.5, 0.6) is 0 Å². The number of halogens is 2. The SMILES string of the molecule is CC(C)c1ccc2oc(-c3cc(NC(=O)CSc4ccc(Cl)cc4)ccc3Cl)nc2c1. The van der Waals surface area contributed by atoms with E-state index in [1.54, 1.807) is 30.3 Å². The number of hydrogen-bond acceptors (Lipinski definition) is 4. The number of anilines is 1. The smallest absolute Gasteiger partial charge is 0.234 e. The lowest BCUT2D eigenvalue weighted by molar-refractivity contribution is -0.113.